The van der Waals surface area contributed by atoms with Crippen LogP contribution in [0.1, 0.15) is 59.8 Å². The highest BCUT2D eigenvalue weighted by Crippen LogP contribution is 2.47. The third-order valence-corrected chi connectivity index (χ3v) is 8.54. The molecule has 3 aliphatic rings. The predicted molar refractivity (Wildman–Crippen MR) is 138 cm³/mol. The second-order valence-corrected chi connectivity index (χ2v) is 10.6. The summed E-state index contributed by atoms with van der Waals surface area (Å²) in [7, 11) is 0. The van der Waals surface area contributed by atoms with Crippen molar-refractivity contribution in [3.63, 3.8) is 0 Å². The van der Waals surface area contributed by atoms with E-state index in [2.05, 4.69) is 65.6 Å². The molecule has 2 aliphatic heterocycles. The third-order valence-electron chi connectivity index (χ3n) is 8.54. The number of aromatic hydroxyl groups is 1. The second kappa shape index (κ2) is 9.16. The van der Waals surface area contributed by atoms with Gasteiger partial charge in [0.05, 0.1) is 12.2 Å². The van der Waals surface area contributed by atoms with E-state index in [4.69, 9.17) is 4.74 Å². The van der Waals surface area contributed by atoms with Crippen LogP contribution >= 0.6 is 0 Å². The summed E-state index contributed by atoms with van der Waals surface area (Å²) >= 11 is 0. The van der Waals surface area contributed by atoms with E-state index in [-0.39, 0.29) is 17.4 Å². The number of anilines is 1. The predicted octanol–water partition coefficient (Wildman–Crippen LogP) is 5.83. The minimum absolute atomic E-state index is 0.0682. The number of fused-ring (bicyclic) bond motifs is 1. The Hall–Kier alpha value is -3.11. The molecule has 1 N–H and O–H groups in total. The van der Waals surface area contributed by atoms with Crippen molar-refractivity contribution in [1.82, 2.24) is 0 Å². The smallest absolute Gasteiger partial charge is 0.125 e. The summed E-state index contributed by atoms with van der Waals surface area (Å²) in [6, 6.07) is 25.9. The topological polar surface area (TPSA) is 49.8 Å². The molecule has 0 saturated carbocycles. The molecule has 4 heteroatoms. The zero-order valence-electron chi connectivity index (χ0n) is 20.1. The number of carbonyl (C=O) groups excluding carboxylic acids is 1. The van der Waals surface area contributed by atoms with Crippen molar-refractivity contribution in [1.29, 1.82) is 0 Å². The summed E-state index contributed by atoms with van der Waals surface area (Å²) in [5, 5.41) is 10.1. The zero-order valence-corrected chi connectivity index (χ0v) is 20.1. The zero-order chi connectivity index (χ0) is 23.8. The molecule has 3 atom stereocenters. The van der Waals surface area contributed by atoms with Crippen LogP contribution in [0.3, 0.4) is 0 Å². The Morgan fingerprint density at radius 1 is 0.943 bits per heavy atom. The fourth-order valence-electron chi connectivity index (χ4n) is 6.66. The molecule has 3 aromatic rings. The van der Waals surface area contributed by atoms with Gasteiger partial charge in [0.1, 0.15) is 12.0 Å². The Kier molecular flexibility index (Phi) is 5.85. The highest BCUT2D eigenvalue weighted by Gasteiger charge is 2.42. The number of hydrogen-bond donors (Lipinski definition) is 1. The van der Waals surface area contributed by atoms with Crippen LogP contribution in [-0.2, 0) is 16.0 Å². The van der Waals surface area contributed by atoms with Gasteiger partial charge in [0.2, 0.25) is 0 Å². The summed E-state index contributed by atoms with van der Waals surface area (Å²) in [6.45, 7) is 2.51. The maximum atomic E-state index is 11.2. The Bertz CT molecular complexity index is 1180. The van der Waals surface area contributed by atoms with Gasteiger partial charge >= 0.3 is 0 Å². The molecule has 6 rings (SSSR count). The van der Waals surface area contributed by atoms with Gasteiger partial charge in [-0.25, -0.2) is 0 Å². The number of carbonyl (C=O) groups is 1. The Morgan fingerprint density at radius 3 is 2.43 bits per heavy atom. The van der Waals surface area contributed by atoms with Crippen LogP contribution < -0.4 is 4.90 Å². The molecule has 3 aromatic carbocycles. The number of ether oxygens (including phenoxy) is 1. The van der Waals surface area contributed by atoms with Gasteiger partial charge in [0.15, 0.2) is 0 Å². The van der Waals surface area contributed by atoms with Crippen LogP contribution in [0.15, 0.2) is 72.8 Å². The lowest BCUT2D eigenvalue weighted by molar-refractivity contribution is -0.111. The number of aldehydes is 1. The fraction of sp³-hybridized carbons (Fsp3) is 0.387. The van der Waals surface area contributed by atoms with Crippen molar-refractivity contribution in [2.75, 3.05) is 24.6 Å². The number of benzene rings is 3. The first-order valence-corrected chi connectivity index (χ1v) is 12.9. The van der Waals surface area contributed by atoms with Crippen LogP contribution in [0.4, 0.5) is 5.69 Å². The molecule has 1 aliphatic carbocycles. The van der Waals surface area contributed by atoms with Crippen LogP contribution in [0.25, 0.3) is 0 Å². The van der Waals surface area contributed by atoms with Crippen LogP contribution in [-0.4, -0.2) is 36.7 Å². The lowest BCUT2D eigenvalue weighted by Crippen LogP contribution is -2.44. The molecule has 4 nitrogen and oxygen atoms in total. The number of aryl methyl sites for hydroxylation is 1. The van der Waals surface area contributed by atoms with E-state index in [1.165, 1.54) is 27.9 Å². The van der Waals surface area contributed by atoms with E-state index in [1.807, 2.05) is 12.1 Å². The van der Waals surface area contributed by atoms with Gasteiger partial charge in [-0.05, 0) is 84.5 Å². The summed E-state index contributed by atoms with van der Waals surface area (Å²) in [5.74, 6) is 1.11. The van der Waals surface area contributed by atoms with Gasteiger partial charge in [-0.15, -0.1) is 0 Å². The molecule has 180 valence electrons. The molecule has 0 aromatic heterocycles. The molecular formula is C31H33NO3. The van der Waals surface area contributed by atoms with E-state index in [9.17, 15) is 9.90 Å². The van der Waals surface area contributed by atoms with Crippen LogP contribution in [0.5, 0.6) is 5.75 Å². The minimum Gasteiger partial charge on any atom is -0.508 e. The molecule has 0 bridgehead atoms. The van der Waals surface area contributed by atoms with Gasteiger partial charge < -0.3 is 19.5 Å². The first-order chi connectivity index (χ1) is 17.1. The average Bonchev–Trinajstić information content (AvgIpc) is 3.31. The molecule has 1 spiro atoms. The molecule has 0 radical (unpaired) electrons. The first-order valence-electron chi connectivity index (χ1n) is 12.9. The third kappa shape index (κ3) is 4.25. The van der Waals surface area contributed by atoms with E-state index >= 15 is 0 Å². The van der Waals surface area contributed by atoms with Gasteiger partial charge in [0.25, 0.3) is 0 Å². The molecule has 2 fully saturated rings. The Labute approximate surface area is 207 Å². The van der Waals surface area contributed by atoms with Crippen molar-refractivity contribution in [2.24, 2.45) is 5.92 Å². The van der Waals surface area contributed by atoms with Crippen LogP contribution in [0.2, 0.25) is 0 Å². The molecule has 1 unspecified atom stereocenters. The lowest BCUT2D eigenvalue weighted by atomic mass is 9.69. The largest absolute Gasteiger partial charge is 0.508 e. The molecule has 2 heterocycles. The summed E-state index contributed by atoms with van der Waals surface area (Å²) in [5.41, 5.74) is 6.47. The Balaban J connectivity index is 1.25. The quantitative estimate of drug-likeness (QED) is 0.491. The fourth-order valence-corrected chi connectivity index (χ4v) is 6.66. The van der Waals surface area contributed by atoms with Crippen molar-refractivity contribution in [3.05, 3.63) is 95.1 Å². The molecule has 2 saturated heterocycles. The summed E-state index contributed by atoms with van der Waals surface area (Å²) < 4.78 is 6.09. The minimum atomic E-state index is -0.0950. The number of phenolic OH excluding ortho intramolecular Hbond substituents is 1. The average molecular weight is 468 g/mol. The molecule has 35 heavy (non-hydrogen) atoms. The van der Waals surface area contributed by atoms with E-state index < -0.39 is 0 Å². The monoisotopic (exact) mass is 467 g/mol. The molecule has 0 amide bonds. The summed E-state index contributed by atoms with van der Waals surface area (Å²) in [6.07, 6.45) is 5.96. The number of phenols is 1. The van der Waals surface area contributed by atoms with Gasteiger partial charge in [-0.1, -0.05) is 48.5 Å². The summed E-state index contributed by atoms with van der Waals surface area (Å²) in [4.78, 5) is 13.6. The number of piperidine rings is 1. The number of rotatable bonds is 4. The maximum absolute atomic E-state index is 11.2. The number of hydrogen-bond acceptors (Lipinski definition) is 4. The van der Waals surface area contributed by atoms with E-state index in [0.717, 1.165) is 51.5 Å². The normalized spacial score (nSPS) is 25.4. The van der Waals surface area contributed by atoms with Crippen molar-refractivity contribution in [3.8, 4) is 5.75 Å². The lowest BCUT2D eigenvalue weighted by Gasteiger charge is -2.40. The SMILES string of the molecule is O=CC1COC2(CCN(c3ccc([C@@H]4c5ccc(O)cc5CC[C@@H]4c4ccccc4)cc3)CC2)C1. The standard InChI is InChI=1S/C31H33NO3/c33-20-22-19-31(35-21-22)14-16-32(17-15-31)26-9-6-24(7-10-26)30-28(23-4-2-1-3-5-23)12-8-25-18-27(34)11-13-29(25)30/h1-7,9-11,13,18,20,22,28,30,34H,8,12,14-17,19,21H2/t22?,28-,30+/m1/s1. The number of nitrogens with zero attached hydrogens (tertiary/aromatic N) is 1. The highest BCUT2D eigenvalue weighted by molar-refractivity contribution is 5.55. The maximum Gasteiger partial charge on any atom is 0.125 e. The van der Waals surface area contributed by atoms with Crippen molar-refractivity contribution < 1.29 is 14.6 Å². The molecular weight excluding hydrogens is 434 g/mol. The van der Waals surface area contributed by atoms with Gasteiger partial charge in [0, 0.05) is 30.6 Å². The van der Waals surface area contributed by atoms with Gasteiger partial charge in [-0.3, -0.25) is 0 Å². The second-order valence-electron chi connectivity index (χ2n) is 10.6. The van der Waals surface area contributed by atoms with E-state index in [1.54, 1.807) is 0 Å². The van der Waals surface area contributed by atoms with Gasteiger partial charge in [-0.2, -0.15) is 0 Å². The van der Waals surface area contributed by atoms with Crippen molar-refractivity contribution in [2.45, 2.75) is 49.5 Å². The van der Waals surface area contributed by atoms with E-state index in [0.29, 0.717) is 18.3 Å². The highest BCUT2D eigenvalue weighted by atomic mass is 16.5. The first kappa shape index (κ1) is 22.4. The van der Waals surface area contributed by atoms with Crippen LogP contribution in [0, 0.1) is 5.92 Å². The van der Waals surface area contributed by atoms with Crippen molar-refractivity contribution >= 4 is 12.0 Å². The Morgan fingerprint density at radius 2 is 1.71 bits per heavy atom.